The number of aryl methyl sites for hydroxylation is 1. The van der Waals surface area contributed by atoms with Crippen LogP contribution in [0.1, 0.15) is 88.8 Å². The number of rotatable bonds is 11. The fourth-order valence-corrected chi connectivity index (χ4v) is 2.76. The second-order valence-corrected chi connectivity index (χ2v) is 6.01. The van der Waals surface area contributed by atoms with Crippen LogP contribution >= 0.6 is 0 Å². The van der Waals surface area contributed by atoms with Gasteiger partial charge in [-0.1, -0.05) is 89.5 Å². The monoisotopic (exact) mass is 275 g/mol. The summed E-state index contributed by atoms with van der Waals surface area (Å²) in [6, 6.07) is 9.08. The van der Waals surface area contributed by atoms with E-state index in [1.54, 1.807) is 0 Å². The molecule has 0 saturated carbocycles. The fourth-order valence-electron chi connectivity index (χ4n) is 2.76. The van der Waals surface area contributed by atoms with Crippen molar-refractivity contribution in [1.82, 2.24) is 0 Å². The SMILES string of the molecule is CCCCCCCCCC(N)c1cccc(CCC)c1. The lowest BCUT2D eigenvalue weighted by atomic mass is 9.97. The minimum Gasteiger partial charge on any atom is -0.324 e. The molecular formula is C19H33N. The van der Waals surface area contributed by atoms with Gasteiger partial charge in [0.1, 0.15) is 0 Å². The van der Waals surface area contributed by atoms with E-state index in [0.29, 0.717) is 0 Å². The van der Waals surface area contributed by atoms with E-state index in [2.05, 4.69) is 38.1 Å². The molecule has 0 aliphatic carbocycles. The molecule has 0 saturated heterocycles. The highest BCUT2D eigenvalue weighted by molar-refractivity contribution is 5.25. The van der Waals surface area contributed by atoms with Gasteiger partial charge in [0.05, 0.1) is 0 Å². The van der Waals surface area contributed by atoms with Crippen molar-refractivity contribution in [2.24, 2.45) is 5.73 Å². The second-order valence-electron chi connectivity index (χ2n) is 6.01. The van der Waals surface area contributed by atoms with Gasteiger partial charge in [0, 0.05) is 6.04 Å². The molecular weight excluding hydrogens is 242 g/mol. The summed E-state index contributed by atoms with van der Waals surface area (Å²) in [5.41, 5.74) is 9.07. The Kier molecular flexibility index (Phi) is 9.40. The van der Waals surface area contributed by atoms with Crippen LogP contribution in [0, 0.1) is 0 Å². The van der Waals surface area contributed by atoms with Gasteiger partial charge in [-0.05, 0) is 24.0 Å². The van der Waals surface area contributed by atoms with Crippen LogP contribution < -0.4 is 5.73 Å². The Bertz CT molecular complexity index is 345. The lowest BCUT2D eigenvalue weighted by Crippen LogP contribution is -2.10. The first-order valence-corrected chi connectivity index (χ1v) is 8.62. The summed E-state index contributed by atoms with van der Waals surface area (Å²) in [6.07, 6.45) is 13.0. The van der Waals surface area contributed by atoms with Crippen molar-refractivity contribution < 1.29 is 0 Å². The first-order valence-electron chi connectivity index (χ1n) is 8.62. The number of hydrogen-bond donors (Lipinski definition) is 1. The first kappa shape index (κ1) is 17.2. The van der Waals surface area contributed by atoms with Crippen LogP contribution in [0.4, 0.5) is 0 Å². The Hall–Kier alpha value is -0.820. The van der Waals surface area contributed by atoms with Gasteiger partial charge in [-0.2, -0.15) is 0 Å². The van der Waals surface area contributed by atoms with Gasteiger partial charge in [-0.3, -0.25) is 0 Å². The van der Waals surface area contributed by atoms with Crippen LogP contribution in [0.2, 0.25) is 0 Å². The van der Waals surface area contributed by atoms with Crippen molar-refractivity contribution in [2.75, 3.05) is 0 Å². The van der Waals surface area contributed by atoms with Crippen molar-refractivity contribution in [1.29, 1.82) is 0 Å². The zero-order valence-electron chi connectivity index (χ0n) is 13.5. The molecule has 1 aromatic rings. The summed E-state index contributed by atoms with van der Waals surface area (Å²) in [7, 11) is 0. The Morgan fingerprint density at radius 2 is 1.60 bits per heavy atom. The van der Waals surface area contributed by atoms with Gasteiger partial charge in [-0.15, -0.1) is 0 Å². The molecule has 1 aromatic carbocycles. The Labute approximate surface area is 126 Å². The Morgan fingerprint density at radius 1 is 0.900 bits per heavy atom. The lowest BCUT2D eigenvalue weighted by molar-refractivity contribution is 0.541. The Balaban J connectivity index is 2.21. The third kappa shape index (κ3) is 7.09. The third-order valence-corrected chi connectivity index (χ3v) is 4.04. The maximum atomic E-state index is 6.32. The molecule has 20 heavy (non-hydrogen) atoms. The van der Waals surface area contributed by atoms with Crippen molar-refractivity contribution >= 4 is 0 Å². The quantitative estimate of drug-likeness (QED) is 0.509. The van der Waals surface area contributed by atoms with Crippen LogP contribution in [0.3, 0.4) is 0 Å². The predicted octanol–water partition coefficient (Wildman–Crippen LogP) is 5.78. The molecule has 0 aromatic heterocycles. The molecule has 0 radical (unpaired) electrons. The molecule has 0 spiro atoms. The standard InChI is InChI=1S/C19H33N/c1-3-5-6-7-8-9-10-15-19(20)18-14-11-13-17(16-18)12-4-2/h11,13-14,16,19H,3-10,12,15,20H2,1-2H3. The van der Waals surface area contributed by atoms with E-state index < -0.39 is 0 Å². The highest BCUT2D eigenvalue weighted by Gasteiger charge is 2.06. The van der Waals surface area contributed by atoms with E-state index in [9.17, 15) is 0 Å². The van der Waals surface area contributed by atoms with Crippen molar-refractivity contribution in [3.63, 3.8) is 0 Å². The maximum Gasteiger partial charge on any atom is 0.0294 e. The minimum atomic E-state index is 0.224. The van der Waals surface area contributed by atoms with Crippen LogP contribution in [0.25, 0.3) is 0 Å². The van der Waals surface area contributed by atoms with E-state index in [0.717, 1.165) is 12.8 Å². The molecule has 0 bridgehead atoms. The molecule has 1 atom stereocenters. The summed E-state index contributed by atoms with van der Waals surface area (Å²) in [6.45, 7) is 4.50. The van der Waals surface area contributed by atoms with Gasteiger partial charge in [0.2, 0.25) is 0 Å². The summed E-state index contributed by atoms with van der Waals surface area (Å²) in [4.78, 5) is 0. The van der Waals surface area contributed by atoms with E-state index in [1.165, 1.54) is 62.5 Å². The van der Waals surface area contributed by atoms with Crippen molar-refractivity contribution in [3.8, 4) is 0 Å². The molecule has 0 amide bonds. The van der Waals surface area contributed by atoms with Crippen LogP contribution in [0.15, 0.2) is 24.3 Å². The molecule has 1 heteroatoms. The molecule has 0 aliphatic rings. The molecule has 1 nitrogen and oxygen atoms in total. The molecule has 1 rings (SSSR count). The van der Waals surface area contributed by atoms with Crippen molar-refractivity contribution in [2.45, 2.75) is 84.1 Å². The lowest BCUT2D eigenvalue weighted by Gasteiger charge is -2.13. The Morgan fingerprint density at radius 3 is 2.30 bits per heavy atom. The predicted molar refractivity (Wildman–Crippen MR) is 90.0 cm³/mol. The van der Waals surface area contributed by atoms with Gasteiger partial charge < -0.3 is 5.73 Å². The van der Waals surface area contributed by atoms with Crippen LogP contribution in [0.5, 0.6) is 0 Å². The maximum absolute atomic E-state index is 6.32. The normalized spacial score (nSPS) is 12.6. The first-order chi connectivity index (χ1) is 9.77. The summed E-state index contributed by atoms with van der Waals surface area (Å²) in [5.74, 6) is 0. The number of hydrogen-bond acceptors (Lipinski definition) is 1. The van der Waals surface area contributed by atoms with E-state index >= 15 is 0 Å². The van der Waals surface area contributed by atoms with Gasteiger partial charge in [-0.25, -0.2) is 0 Å². The molecule has 1 unspecified atom stereocenters. The zero-order valence-corrected chi connectivity index (χ0v) is 13.5. The average Bonchev–Trinajstić information content (AvgIpc) is 2.47. The van der Waals surface area contributed by atoms with E-state index in [4.69, 9.17) is 5.73 Å². The summed E-state index contributed by atoms with van der Waals surface area (Å²) in [5, 5.41) is 0. The highest BCUT2D eigenvalue weighted by atomic mass is 14.6. The van der Waals surface area contributed by atoms with Crippen LogP contribution in [-0.4, -0.2) is 0 Å². The van der Waals surface area contributed by atoms with Crippen LogP contribution in [-0.2, 0) is 6.42 Å². The number of nitrogens with two attached hydrogens (primary N) is 1. The molecule has 2 N–H and O–H groups in total. The largest absolute Gasteiger partial charge is 0.324 e. The number of unbranched alkanes of at least 4 members (excludes halogenated alkanes) is 6. The number of benzene rings is 1. The second kappa shape index (κ2) is 10.9. The molecule has 114 valence electrons. The zero-order chi connectivity index (χ0) is 14.6. The van der Waals surface area contributed by atoms with E-state index in [1.807, 2.05) is 0 Å². The van der Waals surface area contributed by atoms with Gasteiger partial charge >= 0.3 is 0 Å². The van der Waals surface area contributed by atoms with Crippen molar-refractivity contribution in [3.05, 3.63) is 35.4 Å². The smallest absolute Gasteiger partial charge is 0.0294 e. The average molecular weight is 275 g/mol. The fraction of sp³-hybridized carbons (Fsp3) is 0.684. The van der Waals surface area contributed by atoms with Gasteiger partial charge in [0.25, 0.3) is 0 Å². The molecule has 0 aliphatic heterocycles. The molecule has 0 heterocycles. The summed E-state index contributed by atoms with van der Waals surface area (Å²) >= 11 is 0. The molecule has 0 fully saturated rings. The minimum absolute atomic E-state index is 0.224. The van der Waals surface area contributed by atoms with Gasteiger partial charge in [0.15, 0.2) is 0 Å². The third-order valence-electron chi connectivity index (χ3n) is 4.04. The topological polar surface area (TPSA) is 26.0 Å². The summed E-state index contributed by atoms with van der Waals surface area (Å²) < 4.78 is 0. The van der Waals surface area contributed by atoms with E-state index in [-0.39, 0.29) is 6.04 Å². The highest BCUT2D eigenvalue weighted by Crippen LogP contribution is 2.20.